The number of nitrogen functional groups attached to an aromatic ring is 1. The highest BCUT2D eigenvalue weighted by atomic mass is 16.5. The minimum absolute atomic E-state index is 0.583. The molecule has 0 radical (unpaired) electrons. The summed E-state index contributed by atoms with van der Waals surface area (Å²) >= 11 is 0. The van der Waals surface area contributed by atoms with Gasteiger partial charge in [-0.3, -0.25) is 0 Å². The standard InChI is InChI=1S/C15H17NO2/c1-17-13-8-11-10(4-3-5-12(11)16)14(9-6-7-9)15(13)18-2/h3-5,8-9H,6-7,16H2,1-2H3. The molecule has 1 fully saturated rings. The monoisotopic (exact) mass is 243 g/mol. The van der Waals surface area contributed by atoms with E-state index in [2.05, 4.69) is 6.07 Å². The SMILES string of the molecule is COc1cc2c(N)cccc2c(C2CC2)c1OC. The smallest absolute Gasteiger partial charge is 0.164 e. The third-order valence-corrected chi connectivity index (χ3v) is 3.58. The van der Waals surface area contributed by atoms with Crippen molar-refractivity contribution in [1.82, 2.24) is 0 Å². The lowest BCUT2D eigenvalue weighted by Gasteiger charge is -2.16. The van der Waals surface area contributed by atoms with Gasteiger partial charge in [-0.15, -0.1) is 0 Å². The Morgan fingerprint density at radius 1 is 1.11 bits per heavy atom. The fourth-order valence-corrected chi connectivity index (χ4v) is 2.57. The van der Waals surface area contributed by atoms with E-state index in [-0.39, 0.29) is 0 Å². The molecule has 2 aromatic rings. The number of rotatable bonds is 3. The molecule has 2 N–H and O–H groups in total. The third-order valence-electron chi connectivity index (χ3n) is 3.58. The molecule has 0 atom stereocenters. The average molecular weight is 243 g/mol. The lowest BCUT2D eigenvalue weighted by atomic mass is 9.98. The van der Waals surface area contributed by atoms with Crippen molar-refractivity contribution < 1.29 is 9.47 Å². The number of ether oxygens (including phenoxy) is 2. The molecule has 0 spiro atoms. The molecule has 3 nitrogen and oxygen atoms in total. The molecule has 0 unspecified atom stereocenters. The van der Waals surface area contributed by atoms with E-state index < -0.39 is 0 Å². The molecule has 0 amide bonds. The number of hydrogen-bond donors (Lipinski definition) is 1. The van der Waals surface area contributed by atoms with Crippen LogP contribution in [0.15, 0.2) is 24.3 Å². The normalized spacial score (nSPS) is 14.8. The fourth-order valence-electron chi connectivity index (χ4n) is 2.57. The predicted molar refractivity (Wildman–Crippen MR) is 73.4 cm³/mol. The third kappa shape index (κ3) is 1.58. The van der Waals surface area contributed by atoms with Crippen LogP contribution < -0.4 is 15.2 Å². The molecule has 18 heavy (non-hydrogen) atoms. The Labute approximate surface area is 106 Å². The van der Waals surface area contributed by atoms with Gasteiger partial charge in [-0.1, -0.05) is 12.1 Å². The lowest BCUT2D eigenvalue weighted by Crippen LogP contribution is -1.98. The molecule has 3 rings (SSSR count). The van der Waals surface area contributed by atoms with Gasteiger partial charge in [-0.2, -0.15) is 0 Å². The van der Waals surface area contributed by atoms with Crippen LogP contribution in [-0.2, 0) is 0 Å². The van der Waals surface area contributed by atoms with E-state index in [1.54, 1.807) is 14.2 Å². The molecule has 3 heteroatoms. The zero-order valence-corrected chi connectivity index (χ0v) is 10.7. The molecule has 2 aromatic carbocycles. The molecule has 1 saturated carbocycles. The van der Waals surface area contributed by atoms with E-state index in [1.165, 1.54) is 23.8 Å². The van der Waals surface area contributed by atoms with Crippen LogP contribution in [-0.4, -0.2) is 14.2 Å². The van der Waals surface area contributed by atoms with Gasteiger partial charge < -0.3 is 15.2 Å². The number of fused-ring (bicyclic) bond motifs is 1. The summed E-state index contributed by atoms with van der Waals surface area (Å²) < 4.78 is 11.0. The predicted octanol–water partition coefficient (Wildman–Crippen LogP) is 3.32. The van der Waals surface area contributed by atoms with Crippen LogP contribution >= 0.6 is 0 Å². The summed E-state index contributed by atoms with van der Waals surface area (Å²) in [5.41, 5.74) is 8.10. The maximum absolute atomic E-state index is 6.06. The number of methoxy groups -OCH3 is 2. The second kappa shape index (κ2) is 4.09. The zero-order chi connectivity index (χ0) is 12.7. The zero-order valence-electron chi connectivity index (χ0n) is 10.7. The van der Waals surface area contributed by atoms with Crippen LogP contribution in [0.4, 0.5) is 5.69 Å². The van der Waals surface area contributed by atoms with Crippen molar-refractivity contribution in [1.29, 1.82) is 0 Å². The highest BCUT2D eigenvalue weighted by Gasteiger charge is 2.30. The van der Waals surface area contributed by atoms with E-state index in [0.717, 1.165) is 22.6 Å². The van der Waals surface area contributed by atoms with Gasteiger partial charge >= 0.3 is 0 Å². The molecule has 0 saturated heterocycles. The Bertz CT molecular complexity index is 603. The van der Waals surface area contributed by atoms with Crippen LogP contribution in [0, 0.1) is 0 Å². The van der Waals surface area contributed by atoms with E-state index >= 15 is 0 Å². The quantitative estimate of drug-likeness (QED) is 0.841. The van der Waals surface area contributed by atoms with Gasteiger partial charge in [0.05, 0.1) is 14.2 Å². The van der Waals surface area contributed by atoms with Crippen molar-refractivity contribution in [2.45, 2.75) is 18.8 Å². The van der Waals surface area contributed by atoms with Crippen molar-refractivity contribution >= 4 is 16.5 Å². The molecule has 0 heterocycles. The summed E-state index contributed by atoms with van der Waals surface area (Å²) in [6, 6.07) is 8.00. The van der Waals surface area contributed by atoms with Crippen molar-refractivity contribution in [2.75, 3.05) is 20.0 Å². The van der Waals surface area contributed by atoms with Crippen LogP contribution in [0.5, 0.6) is 11.5 Å². The first-order valence-corrected chi connectivity index (χ1v) is 6.19. The van der Waals surface area contributed by atoms with E-state index in [0.29, 0.717) is 5.92 Å². The molecular formula is C15H17NO2. The van der Waals surface area contributed by atoms with Crippen LogP contribution in [0.25, 0.3) is 10.8 Å². The fraction of sp³-hybridized carbons (Fsp3) is 0.333. The van der Waals surface area contributed by atoms with Crippen LogP contribution in [0.2, 0.25) is 0 Å². The van der Waals surface area contributed by atoms with Gasteiger partial charge in [-0.05, 0) is 36.3 Å². The van der Waals surface area contributed by atoms with Crippen LogP contribution in [0.3, 0.4) is 0 Å². The number of hydrogen-bond acceptors (Lipinski definition) is 3. The van der Waals surface area contributed by atoms with Gasteiger partial charge in [0.25, 0.3) is 0 Å². The first-order valence-electron chi connectivity index (χ1n) is 6.19. The summed E-state index contributed by atoms with van der Waals surface area (Å²) in [5, 5.41) is 2.24. The summed E-state index contributed by atoms with van der Waals surface area (Å²) in [7, 11) is 3.36. The Hall–Kier alpha value is -1.90. The second-order valence-corrected chi connectivity index (χ2v) is 4.74. The minimum Gasteiger partial charge on any atom is -0.493 e. The summed E-state index contributed by atoms with van der Waals surface area (Å²) in [4.78, 5) is 0. The minimum atomic E-state index is 0.583. The van der Waals surface area contributed by atoms with Gasteiger partial charge in [0.1, 0.15) is 0 Å². The van der Waals surface area contributed by atoms with Crippen molar-refractivity contribution in [2.24, 2.45) is 0 Å². The van der Waals surface area contributed by atoms with E-state index in [1.807, 2.05) is 18.2 Å². The largest absolute Gasteiger partial charge is 0.493 e. The van der Waals surface area contributed by atoms with Crippen LogP contribution in [0.1, 0.15) is 24.3 Å². The Morgan fingerprint density at radius 3 is 2.50 bits per heavy atom. The van der Waals surface area contributed by atoms with Gasteiger partial charge in [0, 0.05) is 16.6 Å². The maximum atomic E-state index is 6.06. The van der Waals surface area contributed by atoms with E-state index in [9.17, 15) is 0 Å². The topological polar surface area (TPSA) is 44.5 Å². The lowest BCUT2D eigenvalue weighted by molar-refractivity contribution is 0.353. The molecule has 94 valence electrons. The van der Waals surface area contributed by atoms with Gasteiger partial charge in [0.15, 0.2) is 11.5 Å². The number of anilines is 1. The molecular weight excluding hydrogens is 226 g/mol. The summed E-state index contributed by atoms with van der Waals surface area (Å²) in [6.45, 7) is 0. The van der Waals surface area contributed by atoms with Crippen molar-refractivity contribution in [3.05, 3.63) is 29.8 Å². The highest BCUT2D eigenvalue weighted by molar-refractivity contribution is 5.98. The van der Waals surface area contributed by atoms with Crippen molar-refractivity contribution in [3.8, 4) is 11.5 Å². The average Bonchev–Trinajstić information content (AvgIpc) is 3.21. The van der Waals surface area contributed by atoms with E-state index in [4.69, 9.17) is 15.2 Å². The first-order chi connectivity index (χ1) is 8.76. The number of nitrogens with two attached hydrogens (primary N) is 1. The molecule has 0 aromatic heterocycles. The maximum Gasteiger partial charge on any atom is 0.164 e. The highest BCUT2D eigenvalue weighted by Crippen LogP contribution is 2.51. The molecule has 1 aliphatic carbocycles. The Morgan fingerprint density at radius 2 is 1.89 bits per heavy atom. The second-order valence-electron chi connectivity index (χ2n) is 4.74. The number of benzene rings is 2. The summed E-state index contributed by atoms with van der Waals surface area (Å²) in [5.74, 6) is 2.21. The Kier molecular flexibility index (Phi) is 2.54. The summed E-state index contributed by atoms with van der Waals surface area (Å²) in [6.07, 6.45) is 2.43. The molecule has 1 aliphatic rings. The first kappa shape index (κ1) is 11.2. The van der Waals surface area contributed by atoms with Gasteiger partial charge in [-0.25, -0.2) is 0 Å². The Balaban J connectivity index is 2.39. The van der Waals surface area contributed by atoms with Crippen molar-refractivity contribution in [3.63, 3.8) is 0 Å². The van der Waals surface area contributed by atoms with Gasteiger partial charge in [0.2, 0.25) is 0 Å². The molecule has 0 aliphatic heterocycles. The molecule has 0 bridgehead atoms.